The van der Waals surface area contributed by atoms with Crippen LogP contribution in [-0.4, -0.2) is 20.1 Å². The number of anilines is 1. The van der Waals surface area contributed by atoms with Crippen LogP contribution in [0, 0.1) is 0 Å². The van der Waals surface area contributed by atoms with Gasteiger partial charge in [-0.25, -0.2) is 0 Å². The maximum Gasteiger partial charge on any atom is 0.259 e. The van der Waals surface area contributed by atoms with Gasteiger partial charge < -0.3 is 10.3 Å². The summed E-state index contributed by atoms with van der Waals surface area (Å²) in [6.07, 6.45) is 6.54. The smallest absolute Gasteiger partial charge is 0.259 e. The molecule has 0 saturated carbocycles. The highest BCUT2D eigenvalue weighted by Crippen LogP contribution is 2.21. The number of nitrogens with zero attached hydrogens (tertiary/aromatic N) is 4. The third-order valence-corrected chi connectivity index (χ3v) is 2.35. The zero-order valence-electron chi connectivity index (χ0n) is 9.32. The standard InChI is InChI=1S/C12H9N5O/c13-10-4-9(6-15-7-10)12-16-11(17-18-12)8-2-1-3-14-5-8/h1-7H,13H2. The van der Waals surface area contributed by atoms with E-state index in [2.05, 4.69) is 20.1 Å². The van der Waals surface area contributed by atoms with E-state index in [1.807, 2.05) is 12.1 Å². The molecule has 0 saturated heterocycles. The minimum atomic E-state index is 0.383. The van der Waals surface area contributed by atoms with E-state index in [0.29, 0.717) is 23.0 Å². The summed E-state index contributed by atoms with van der Waals surface area (Å²) in [6, 6.07) is 5.40. The number of nitrogens with two attached hydrogens (primary N) is 1. The Bertz CT molecular complexity index is 665. The molecule has 0 fully saturated rings. The molecule has 0 radical (unpaired) electrons. The molecule has 3 rings (SSSR count). The minimum Gasteiger partial charge on any atom is -0.397 e. The van der Waals surface area contributed by atoms with Gasteiger partial charge in [0.1, 0.15) is 0 Å². The SMILES string of the molecule is Nc1cncc(-c2nc(-c3cccnc3)no2)c1. The van der Waals surface area contributed by atoms with Crippen molar-refractivity contribution < 1.29 is 4.52 Å². The predicted octanol–water partition coefficient (Wildman–Crippen LogP) is 1.78. The van der Waals surface area contributed by atoms with E-state index in [4.69, 9.17) is 10.3 Å². The van der Waals surface area contributed by atoms with E-state index in [0.717, 1.165) is 5.56 Å². The van der Waals surface area contributed by atoms with Gasteiger partial charge in [-0.1, -0.05) is 5.16 Å². The molecule has 0 atom stereocenters. The Morgan fingerprint density at radius 2 is 1.94 bits per heavy atom. The zero-order valence-corrected chi connectivity index (χ0v) is 9.32. The van der Waals surface area contributed by atoms with Crippen molar-refractivity contribution in [3.8, 4) is 22.8 Å². The average Bonchev–Trinajstić information content (AvgIpc) is 2.89. The first-order valence-electron chi connectivity index (χ1n) is 5.28. The van der Waals surface area contributed by atoms with Gasteiger partial charge in [-0.2, -0.15) is 4.98 Å². The van der Waals surface area contributed by atoms with Gasteiger partial charge in [0, 0.05) is 30.4 Å². The van der Waals surface area contributed by atoms with Crippen LogP contribution in [0.4, 0.5) is 5.69 Å². The number of pyridine rings is 2. The second-order valence-electron chi connectivity index (χ2n) is 3.67. The maximum atomic E-state index is 5.65. The van der Waals surface area contributed by atoms with Crippen LogP contribution in [0.25, 0.3) is 22.8 Å². The number of hydrogen-bond acceptors (Lipinski definition) is 6. The minimum absolute atomic E-state index is 0.383. The molecule has 18 heavy (non-hydrogen) atoms. The first-order valence-corrected chi connectivity index (χ1v) is 5.28. The zero-order chi connectivity index (χ0) is 12.4. The van der Waals surface area contributed by atoms with Crippen LogP contribution in [-0.2, 0) is 0 Å². The predicted molar refractivity (Wildman–Crippen MR) is 65.2 cm³/mol. The van der Waals surface area contributed by atoms with E-state index in [9.17, 15) is 0 Å². The van der Waals surface area contributed by atoms with Crippen LogP contribution in [0.5, 0.6) is 0 Å². The Kier molecular flexibility index (Phi) is 2.45. The van der Waals surface area contributed by atoms with Crippen molar-refractivity contribution in [2.24, 2.45) is 0 Å². The average molecular weight is 239 g/mol. The number of hydrogen-bond donors (Lipinski definition) is 1. The fourth-order valence-electron chi connectivity index (χ4n) is 1.53. The van der Waals surface area contributed by atoms with Crippen molar-refractivity contribution in [1.82, 2.24) is 20.1 Å². The summed E-state index contributed by atoms with van der Waals surface area (Å²) in [6.45, 7) is 0. The second kappa shape index (κ2) is 4.25. The number of rotatable bonds is 2. The molecule has 0 spiro atoms. The normalized spacial score (nSPS) is 10.4. The van der Waals surface area contributed by atoms with Gasteiger partial charge in [0.05, 0.1) is 11.3 Å². The summed E-state index contributed by atoms with van der Waals surface area (Å²) in [4.78, 5) is 12.3. The Hall–Kier alpha value is -2.76. The van der Waals surface area contributed by atoms with Crippen molar-refractivity contribution in [2.75, 3.05) is 5.73 Å². The Labute approximate surface area is 103 Å². The Morgan fingerprint density at radius 3 is 2.72 bits per heavy atom. The molecule has 0 aromatic carbocycles. The largest absolute Gasteiger partial charge is 0.397 e. The van der Waals surface area contributed by atoms with E-state index in [-0.39, 0.29) is 0 Å². The summed E-state index contributed by atoms with van der Waals surface area (Å²) >= 11 is 0. The van der Waals surface area contributed by atoms with Crippen LogP contribution in [0.3, 0.4) is 0 Å². The van der Waals surface area contributed by atoms with Crippen molar-refractivity contribution in [3.63, 3.8) is 0 Å². The van der Waals surface area contributed by atoms with Crippen LogP contribution >= 0.6 is 0 Å². The highest BCUT2D eigenvalue weighted by Gasteiger charge is 2.10. The highest BCUT2D eigenvalue weighted by molar-refractivity contribution is 5.61. The molecule has 3 aromatic rings. The highest BCUT2D eigenvalue weighted by atomic mass is 16.5. The molecule has 88 valence electrons. The van der Waals surface area contributed by atoms with Crippen LogP contribution in [0.15, 0.2) is 47.5 Å². The number of aromatic nitrogens is 4. The van der Waals surface area contributed by atoms with E-state index in [1.54, 1.807) is 30.9 Å². The first kappa shape index (κ1) is 10.4. The van der Waals surface area contributed by atoms with Crippen LogP contribution < -0.4 is 5.73 Å². The fourth-order valence-corrected chi connectivity index (χ4v) is 1.53. The summed E-state index contributed by atoms with van der Waals surface area (Å²) in [5.74, 6) is 0.870. The summed E-state index contributed by atoms with van der Waals surface area (Å²) in [7, 11) is 0. The van der Waals surface area contributed by atoms with Crippen molar-refractivity contribution >= 4 is 5.69 Å². The molecule has 0 unspecified atom stereocenters. The van der Waals surface area contributed by atoms with Gasteiger partial charge >= 0.3 is 0 Å². The molecule has 0 aliphatic heterocycles. The van der Waals surface area contributed by atoms with Gasteiger partial charge in [0.15, 0.2) is 0 Å². The summed E-state index contributed by atoms with van der Waals surface area (Å²) < 4.78 is 5.18. The second-order valence-corrected chi connectivity index (χ2v) is 3.67. The molecule has 0 aliphatic carbocycles. The molecule has 6 heteroatoms. The fraction of sp³-hybridized carbons (Fsp3) is 0. The van der Waals surface area contributed by atoms with Crippen molar-refractivity contribution in [3.05, 3.63) is 43.0 Å². The lowest BCUT2D eigenvalue weighted by atomic mass is 10.2. The van der Waals surface area contributed by atoms with E-state index >= 15 is 0 Å². The van der Waals surface area contributed by atoms with E-state index < -0.39 is 0 Å². The molecule has 2 N–H and O–H groups in total. The van der Waals surface area contributed by atoms with Crippen LogP contribution in [0.2, 0.25) is 0 Å². The molecule has 6 nitrogen and oxygen atoms in total. The van der Waals surface area contributed by atoms with Gasteiger partial charge in [-0.05, 0) is 18.2 Å². The monoisotopic (exact) mass is 239 g/mol. The summed E-state index contributed by atoms with van der Waals surface area (Å²) in [5.41, 5.74) is 7.69. The lowest BCUT2D eigenvalue weighted by molar-refractivity contribution is 0.432. The third kappa shape index (κ3) is 1.91. The van der Waals surface area contributed by atoms with Crippen LogP contribution in [0.1, 0.15) is 0 Å². The molecule has 0 bridgehead atoms. The molecular weight excluding hydrogens is 230 g/mol. The van der Waals surface area contributed by atoms with Gasteiger partial charge in [-0.3, -0.25) is 9.97 Å². The third-order valence-electron chi connectivity index (χ3n) is 2.35. The molecule has 3 heterocycles. The van der Waals surface area contributed by atoms with Gasteiger partial charge in [0.2, 0.25) is 5.82 Å². The maximum absolute atomic E-state index is 5.65. The van der Waals surface area contributed by atoms with Crippen molar-refractivity contribution in [2.45, 2.75) is 0 Å². The lowest BCUT2D eigenvalue weighted by Gasteiger charge is -1.94. The quantitative estimate of drug-likeness (QED) is 0.732. The first-order chi connectivity index (χ1) is 8.83. The summed E-state index contributed by atoms with van der Waals surface area (Å²) in [5, 5.41) is 3.90. The lowest BCUT2D eigenvalue weighted by Crippen LogP contribution is -1.87. The Balaban J connectivity index is 2.00. The Morgan fingerprint density at radius 1 is 1.06 bits per heavy atom. The molecular formula is C12H9N5O. The van der Waals surface area contributed by atoms with Gasteiger partial charge in [-0.15, -0.1) is 0 Å². The van der Waals surface area contributed by atoms with Gasteiger partial charge in [0.25, 0.3) is 5.89 Å². The molecule has 3 aromatic heterocycles. The number of nitrogen functional groups attached to an aromatic ring is 1. The molecule has 0 amide bonds. The molecule has 0 aliphatic rings. The van der Waals surface area contributed by atoms with Crippen molar-refractivity contribution in [1.29, 1.82) is 0 Å². The van der Waals surface area contributed by atoms with E-state index in [1.165, 1.54) is 0 Å². The topological polar surface area (TPSA) is 90.7 Å².